The van der Waals surface area contributed by atoms with Gasteiger partial charge < -0.3 is 5.11 Å². The Hall–Kier alpha value is -1.72. The van der Waals surface area contributed by atoms with Gasteiger partial charge in [0.1, 0.15) is 5.82 Å². The molecule has 1 N–H and O–H groups in total. The van der Waals surface area contributed by atoms with E-state index in [1.165, 1.54) is 19.3 Å². The summed E-state index contributed by atoms with van der Waals surface area (Å²) in [5, 5.41) is 11.8. The highest BCUT2D eigenvalue weighted by Gasteiger charge is 2.38. The van der Waals surface area contributed by atoms with E-state index in [0.717, 1.165) is 68.3 Å². The van der Waals surface area contributed by atoms with Crippen molar-refractivity contribution in [1.29, 1.82) is 0 Å². The molecule has 1 atom stereocenters. The summed E-state index contributed by atoms with van der Waals surface area (Å²) in [6.07, 6.45) is 9.83. The first-order chi connectivity index (χ1) is 13.6. The van der Waals surface area contributed by atoms with Crippen molar-refractivity contribution < 1.29 is 5.11 Å². The smallest absolute Gasteiger partial charge is 0.261 e. The molecule has 2 aromatic rings. The van der Waals surface area contributed by atoms with Crippen LogP contribution in [0.2, 0.25) is 0 Å². The van der Waals surface area contributed by atoms with Crippen molar-refractivity contribution in [3.05, 3.63) is 40.4 Å². The topological polar surface area (TPSA) is 58.4 Å². The molecule has 1 aliphatic heterocycles. The number of likely N-dealkylation sites (tertiary alicyclic amines) is 1. The fourth-order valence-corrected chi connectivity index (χ4v) is 5.23. The van der Waals surface area contributed by atoms with Gasteiger partial charge in [0, 0.05) is 13.1 Å². The van der Waals surface area contributed by atoms with Crippen LogP contribution in [-0.2, 0) is 6.54 Å². The standard InChI is InChI=1S/C23H31N3O2/c27-22-18-7-2-3-8-19(18)24-21(26(22)15-17-10-11-17)20-9-6-14-25(20)16-23(28)12-4-1-5-13-23/h2-3,7-8,17,20,28H,1,4-6,9-16H2. The van der Waals surface area contributed by atoms with Gasteiger partial charge >= 0.3 is 0 Å². The second kappa shape index (κ2) is 7.27. The first kappa shape index (κ1) is 18.3. The highest BCUT2D eigenvalue weighted by atomic mass is 16.3. The second-order valence-electron chi connectivity index (χ2n) is 9.26. The Morgan fingerprint density at radius 1 is 1.07 bits per heavy atom. The molecule has 2 aliphatic carbocycles. The van der Waals surface area contributed by atoms with Crippen LogP contribution in [0.4, 0.5) is 0 Å². The molecule has 3 fully saturated rings. The minimum absolute atomic E-state index is 0.107. The molecular weight excluding hydrogens is 350 g/mol. The van der Waals surface area contributed by atoms with Crippen molar-refractivity contribution in [2.24, 2.45) is 5.92 Å². The van der Waals surface area contributed by atoms with E-state index >= 15 is 0 Å². The van der Waals surface area contributed by atoms with Gasteiger partial charge in [-0.15, -0.1) is 0 Å². The number of rotatable bonds is 5. The first-order valence-electron chi connectivity index (χ1n) is 11.1. The van der Waals surface area contributed by atoms with Crippen LogP contribution in [-0.4, -0.2) is 38.2 Å². The lowest BCUT2D eigenvalue weighted by Crippen LogP contribution is -2.45. The molecule has 3 aliphatic rings. The average Bonchev–Trinajstić information content (AvgIpc) is 3.41. The third-order valence-corrected chi connectivity index (χ3v) is 6.97. The van der Waals surface area contributed by atoms with Crippen LogP contribution in [0.15, 0.2) is 29.1 Å². The van der Waals surface area contributed by atoms with E-state index in [1.54, 1.807) is 0 Å². The Labute approximate surface area is 166 Å². The average molecular weight is 382 g/mol. The van der Waals surface area contributed by atoms with E-state index in [2.05, 4.69) is 4.90 Å². The maximum absolute atomic E-state index is 13.3. The summed E-state index contributed by atoms with van der Waals surface area (Å²) in [5.74, 6) is 1.55. The highest BCUT2D eigenvalue weighted by molar-refractivity contribution is 5.77. The molecule has 2 heterocycles. The number of aliphatic hydroxyl groups is 1. The summed E-state index contributed by atoms with van der Waals surface area (Å²) < 4.78 is 1.97. The number of hydrogen-bond donors (Lipinski definition) is 1. The van der Waals surface area contributed by atoms with Crippen molar-refractivity contribution in [2.45, 2.75) is 76.0 Å². The number of para-hydroxylation sites is 1. The molecule has 28 heavy (non-hydrogen) atoms. The van der Waals surface area contributed by atoms with Crippen LogP contribution >= 0.6 is 0 Å². The van der Waals surface area contributed by atoms with Gasteiger partial charge in [0.05, 0.1) is 22.5 Å². The molecule has 2 saturated carbocycles. The van der Waals surface area contributed by atoms with E-state index in [1.807, 2.05) is 28.8 Å². The Bertz CT molecular complexity index is 912. The predicted octanol–water partition coefficient (Wildman–Crippen LogP) is 3.64. The van der Waals surface area contributed by atoms with Crippen LogP contribution in [0.5, 0.6) is 0 Å². The van der Waals surface area contributed by atoms with E-state index < -0.39 is 5.60 Å². The SMILES string of the molecule is O=c1c2ccccc2nc(C2CCCN2CC2(O)CCCCC2)n1CC1CC1. The highest BCUT2D eigenvalue weighted by Crippen LogP contribution is 2.37. The fraction of sp³-hybridized carbons (Fsp3) is 0.652. The molecule has 5 nitrogen and oxygen atoms in total. The molecule has 0 amide bonds. The largest absolute Gasteiger partial charge is 0.389 e. The number of fused-ring (bicyclic) bond motifs is 1. The Balaban J connectivity index is 1.52. The van der Waals surface area contributed by atoms with Crippen LogP contribution in [0.25, 0.3) is 10.9 Å². The molecule has 1 aromatic heterocycles. The van der Waals surface area contributed by atoms with Crippen LogP contribution in [0.3, 0.4) is 0 Å². The molecule has 0 spiro atoms. The van der Waals surface area contributed by atoms with Gasteiger partial charge in [-0.05, 0) is 63.1 Å². The van der Waals surface area contributed by atoms with E-state index in [-0.39, 0.29) is 11.6 Å². The Morgan fingerprint density at radius 2 is 1.86 bits per heavy atom. The van der Waals surface area contributed by atoms with Gasteiger partial charge in [0.25, 0.3) is 5.56 Å². The molecule has 1 saturated heterocycles. The van der Waals surface area contributed by atoms with Crippen molar-refractivity contribution in [3.63, 3.8) is 0 Å². The molecule has 150 valence electrons. The summed E-state index contributed by atoms with van der Waals surface area (Å²) in [5.41, 5.74) is 0.341. The van der Waals surface area contributed by atoms with E-state index in [9.17, 15) is 9.90 Å². The lowest BCUT2D eigenvalue weighted by molar-refractivity contribution is -0.0302. The summed E-state index contributed by atoms with van der Waals surface area (Å²) in [6.45, 7) is 2.49. The number of β-amino-alcohol motifs (C(OH)–C–C–N with tert-alkyl or cyclic N) is 1. The minimum Gasteiger partial charge on any atom is -0.389 e. The summed E-state index contributed by atoms with van der Waals surface area (Å²) in [4.78, 5) is 20.7. The van der Waals surface area contributed by atoms with Crippen LogP contribution < -0.4 is 5.56 Å². The zero-order valence-corrected chi connectivity index (χ0v) is 16.6. The van der Waals surface area contributed by atoms with E-state index in [0.29, 0.717) is 12.5 Å². The van der Waals surface area contributed by atoms with Crippen LogP contribution in [0.1, 0.15) is 69.7 Å². The monoisotopic (exact) mass is 381 g/mol. The van der Waals surface area contributed by atoms with Crippen molar-refractivity contribution in [1.82, 2.24) is 14.5 Å². The molecule has 5 heteroatoms. The van der Waals surface area contributed by atoms with Crippen molar-refractivity contribution in [2.75, 3.05) is 13.1 Å². The van der Waals surface area contributed by atoms with Gasteiger partial charge in [0.2, 0.25) is 0 Å². The molecule has 1 unspecified atom stereocenters. The first-order valence-corrected chi connectivity index (χ1v) is 11.1. The second-order valence-corrected chi connectivity index (χ2v) is 9.26. The van der Waals surface area contributed by atoms with Crippen LogP contribution in [0, 0.1) is 5.92 Å². The quantitative estimate of drug-likeness (QED) is 0.859. The third-order valence-electron chi connectivity index (χ3n) is 6.97. The molecular formula is C23H31N3O2. The van der Waals surface area contributed by atoms with Crippen molar-refractivity contribution >= 4 is 10.9 Å². The molecule has 5 rings (SSSR count). The number of aromatic nitrogens is 2. The lowest BCUT2D eigenvalue weighted by atomic mass is 9.84. The Morgan fingerprint density at radius 3 is 2.64 bits per heavy atom. The zero-order valence-electron chi connectivity index (χ0n) is 16.6. The Kier molecular flexibility index (Phi) is 4.76. The van der Waals surface area contributed by atoms with Gasteiger partial charge in [-0.3, -0.25) is 14.3 Å². The van der Waals surface area contributed by atoms with E-state index in [4.69, 9.17) is 4.98 Å². The summed E-state index contributed by atoms with van der Waals surface area (Å²) in [7, 11) is 0. The molecule has 1 aromatic carbocycles. The van der Waals surface area contributed by atoms with Crippen molar-refractivity contribution in [3.8, 4) is 0 Å². The van der Waals surface area contributed by atoms with Gasteiger partial charge in [-0.25, -0.2) is 4.98 Å². The zero-order chi connectivity index (χ0) is 19.1. The molecule has 0 radical (unpaired) electrons. The fourth-order valence-electron chi connectivity index (χ4n) is 5.23. The van der Waals surface area contributed by atoms with Gasteiger partial charge in [0.15, 0.2) is 0 Å². The minimum atomic E-state index is -0.570. The lowest BCUT2D eigenvalue weighted by Gasteiger charge is -2.38. The third kappa shape index (κ3) is 3.50. The van der Waals surface area contributed by atoms with Gasteiger partial charge in [-0.1, -0.05) is 31.4 Å². The number of nitrogens with zero attached hydrogens (tertiary/aromatic N) is 3. The maximum Gasteiger partial charge on any atom is 0.261 e. The summed E-state index contributed by atoms with van der Waals surface area (Å²) in [6, 6.07) is 7.88. The maximum atomic E-state index is 13.3. The van der Waals surface area contributed by atoms with Gasteiger partial charge in [-0.2, -0.15) is 0 Å². The molecule has 0 bridgehead atoms. The predicted molar refractivity (Wildman–Crippen MR) is 110 cm³/mol. The normalized spacial score (nSPS) is 25.4. The number of hydrogen-bond acceptors (Lipinski definition) is 4. The number of benzene rings is 1. The summed E-state index contributed by atoms with van der Waals surface area (Å²) >= 11 is 0.